The zero-order valence-corrected chi connectivity index (χ0v) is 7.81. The van der Waals surface area contributed by atoms with E-state index in [2.05, 4.69) is 4.99 Å². The highest BCUT2D eigenvalue weighted by Gasteiger charge is 2.09. The summed E-state index contributed by atoms with van der Waals surface area (Å²) in [5, 5.41) is 0. The van der Waals surface area contributed by atoms with Gasteiger partial charge >= 0.3 is 0 Å². The van der Waals surface area contributed by atoms with Gasteiger partial charge in [-0.15, -0.1) is 0 Å². The summed E-state index contributed by atoms with van der Waals surface area (Å²) in [6.45, 7) is 0.779. The van der Waals surface area contributed by atoms with Gasteiger partial charge in [0.25, 0.3) is 0 Å². The summed E-state index contributed by atoms with van der Waals surface area (Å²) < 4.78 is 0. The third-order valence-electron chi connectivity index (χ3n) is 2.32. The van der Waals surface area contributed by atoms with Crippen molar-refractivity contribution in [2.75, 3.05) is 6.54 Å². The van der Waals surface area contributed by atoms with Crippen molar-refractivity contribution in [2.45, 2.75) is 6.42 Å². The van der Waals surface area contributed by atoms with Crippen molar-refractivity contribution in [3.05, 3.63) is 41.5 Å². The van der Waals surface area contributed by atoms with Gasteiger partial charge in [0.05, 0.1) is 0 Å². The van der Waals surface area contributed by atoms with Crippen LogP contribution in [0.2, 0.25) is 0 Å². The normalized spacial score (nSPS) is 15.7. The minimum Gasteiger partial charge on any atom is -0.298 e. The first-order valence-corrected chi connectivity index (χ1v) is 4.65. The van der Waals surface area contributed by atoms with Crippen molar-refractivity contribution in [3.63, 3.8) is 0 Å². The molecule has 2 nitrogen and oxygen atoms in total. The van der Waals surface area contributed by atoms with Gasteiger partial charge in [0.1, 0.15) is 0 Å². The molecular weight excluding hydrogens is 174 g/mol. The van der Waals surface area contributed by atoms with Crippen LogP contribution < -0.4 is 0 Å². The minimum absolute atomic E-state index is 0.711. The Morgan fingerprint density at radius 1 is 1.21 bits per heavy atom. The summed E-state index contributed by atoms with van der Waals surface area (Å²) in [4.78, 5) is 14.9. The molecule has 0 unspecified atom stereocenters. The fourth-order valence-corrected chi connectivity index (χ4v) is 1.61. The smallest absolute Gasteiger partial charge is 0.151 e. The number of dihydropyridines is 1. The Morgan fingerprint density at radius 2 is 2.00 bits per heavy atom. The van der Waals surface area contributed by atoms with Crippen LogP contribution >= 0.6 is 0 Å². The lowest BCUT2D eigenvalue weighted by atomic mass is 9.96. The third-order valence-corrected chi connectivity index (χ3v) is 2.32. The molecule has 1 aliphatic rings. The maximum Gasteiger partial charge on any atom is 0.151 e. The molecule has 0 aromatic heterocycles. The second kappa shape index (κ2) is 4.01. The van der Waals surface area contributed by atoms with E-state index in [4.69, 9.17) is 0 Å². The number of allylic oxidation sites excluding steroid dienone is 1. The van der Waals surface area contributed by atoms with Crippen LogP contribution in [0, 0.1) is 0 Å². The molecule has 2 heteroatoms. The molecule has 0 bridgehead atoms. The monoisotopic (exact) mass is 185 g/mol. The lowest BCUT2D eigenvalue weighted by molar-refractivity contribution is -0.104. The van der Waals surface area contributed by atoms with Crippen LogP contribution in [0.1, 0.15) is 12.0 Å². The number of rotatable bonds is 2. The molecule has 1 aromatic carbocycles. The van der Waals surface area contributed by atoms with Gasteiger partial charge in [-0.25, -0.2) is 0 Å². The van der Waals surface area contributed by atoms with Crippen molar-refractivity contribution < 1.29 is 4.79 Å². The van der Waals surface area contributed by atoms with Crippen LogP contribution in [0.3, 0.4) is 0 Å². The van der Waals surface area contributed by atoms with Crippen LogP contribution in [0.15, 0.2) is 40.9 Å². The third kappa shape index (κ3) is 1.64. The average Bonchev–Trinajstić information content (AvgIpc) is 2.30. The van der Waals surface area contributed by atoms with E-state index in [1.54, 1.807) is 6.21 Å². The highest BCUT2D eigenvalue weighted by Crippen LogP contribution is 2.22. The largest absolute Gasteiger partial charge is 0.298 e. The number of benzene rings is 1. The Kier molecular flexibility index (Phi) is 2.54. The quantitative estimate of drug-likeness (QED) is 0.649. The Labute approximate surface area is 83.0 Å². The minimum atomic E-state index is 0.711. The van der Waals surface area contributed by atoms with Crippen LogP contribution in [-0.2, 0) is 4.79 Å². The average molecular weight is 185 g/mol. The van der Waals surface area contributed by atoms with Gasteiger partial charge in [0, 0.05) is 18.3 Å². The Morgan fingerprint density at radius 3 is 2.71 bits per heavy atom. The van der Waals surface area contributed by atoms with Crippen molar-refractivity contribution >= 4 is 18.1 Å². The molecule has 0 amide bonds. The lowest BCUT2D eigenvalue weighted by Gasteiger charge is -2.11. The molecule has 14 heavy (non-hydrogen) atoms. The van der Waals surface area contributed by atoms with Crippen LogP contribution in [-0.4, -0.2) is 19.0 Å². The molecule has 1 heterocycles. The van der Waals surface area contributed by atoms with E-state index in [1.165, 1.54) is 0 Å². The van der Waals surface area contributed by atoms with Gasteiger partial charge in [-0.05, 0) is 17.6 Å². The summed E-state index contributed by atoms with van der Waals surface area (Å²) >= 11 is 0. The Balaban J connectivity index is 2.46. The number of aldehydes is 1. The van der Waals surface area contributed by atoms with E-state index in [1.807, 2.05) is 30.3 Å². The molecule has 70 valence electrons. The molecule has 0 atom stereocenters. The molecule has 0 fully saturated rings. The number of nitrogens with zero attached hydrogens (tertiary/aromatic N) is 1. The van der Waals surface area contributed by atoms with Gasteiger partial charge in [0.15, 0.2) is 6.29 Å². The zero-order valence-electron chi connectivity index (χ0n) is 7.81. The van der Waals surface area contributed by atoms with Gasteiger partial charge in [0.2, 0.25) is 0 Å². The fraction of sp³-hybridized carbons (Fsp3) is 0.167. The first-order chi connectivity index (χ1) is 6.92. The molecule has 2 rings (SSSR count). The Bertz CT molecular complexity index is 390. The van der Waals surface area contributed by atoms with E-state index >= 15 is 0 Å². The molecule has 0 saturated heterocycles. The van der Waals surface area contributed by atoms with Crippen LogP contribution in [0.5, 0.6) is 0 Å². The number of carbonyl (C=O) groups is 1. The number of hydrogen-bond donors (Lipinski definition) is 0. The van der Waals surface area contributed by atoms with E-state index in [-0.39, 0.29) is 0 Å². The number of carbonyl (C=O) groups excluding carboxylic acids is 1. The molecular formula is C12H11NO. The molecule has 0 radical (unpaired) electrons. The van der Waals surface area contributed by atoms with Crippen molar-refractivity contribution in [3.8, 4) is 0 Å². The molecule has 1 aliphatic heterocycles. The summed E-state index contributed by atoms with van der Waals surface area (Å²) in [7, 11) is 0. The lowest BCUT2D eigenvalue weighted by Crippen LogP contribution is -2.02. The van der Waals surface area contributed by atoms with E-state index in [9.17, 15) is 4.79 Å². The van der Waals surface area contributed by atoms with Crippen LogP contribution in [0.25, 0.3) is 5.57 Å². The van der Waals surface area contributed by atoms with E-state index in [0.717, 1.165) is 30.4 Å². The van der Waals surface area contributed by atoms with Crippen molar-refractivity contribution in [1.29, 1.82) is 0 Å². The standard InChI is InChI=1S/C12H11NO/c14-9-11-8-13-7-6-12(11)10-4-2-1-3-5-10/h1-5,8-9H,6-7H2. The summed E-state index contributed by atoms with van der Waals surface area (Å²) in [6.07, 6.45) is 3.40. The zero-order chi connectivity index (χ0) is 9.80. The maximum absolute atomic E-state index is 10.8. The van der Waals surface area contributed by atoms with Crippen molar-refractivity contribution in [1.82, 2.24) is 0 Å². The topological polar surface area (TPSA) is 29.4 Å². The SMILES string of the molecule is O=CC1=C(c2ccccc2)CCN=C1. The molecule has 0 aliphatic carbocycles. The summed E-state index contributed by atoms with van der Waals surface area (Å²) in [5.74, 6) is 0. The first-order valence-electron chi connectivity index (χ1n) is 4.65. The molecule has 0 spiro atoms. The summed E-state index contributed by atoms with van der Waals surface area (Å²) in [6, 6.07) is 9.99. The molecule has 0 N–H and O–H groups in total. The highest BCUT2D eigenvalue weighted by molar-refractivity contribution is 6.10. The predicted molar refractivity (Wildman–Crippen MR) is 57.4 cm³/mol. The van der Waals surface area contributed by atoms with E-state index < -0.39 is 0 Å². The summed E-state index contributed by atoms with van der Waals surface area (Å²) in [5.41, 5.74) is 2.94. The van der Waals surface area contributed by atoms with Gasteiger partial charge in [-0.2, -0.15) is 0 Å². The van der Waals surface area contributed by atoms with Gasteiger partial charge < -0.3 is 0 Å². The van der Waals surface area contributed by atoms with Gasteiger partial charge in [-0.3, -0.25) is 9.79 Å². The fourth-order valence-electron chi connectivity index (χ4n) is 1.61. The highest BCUT2D eigenvalue weighted by atomic mass is 16.1. The van der Waals surface area contributed by atoms with Crippen LogP contribution in [0.4, 0.5) is 0 Å². The van der Waals surface area contributed by atoms with Crippen molar-refractivity contribution in [2.24, 2.45) is 4.99 Å². The number of hydrogen-bond acceptors (Lipinski definition) is 2. The first kappa shape index (κ1) is 8.88. The number of aliphatic imine (C=N–C) groups is 1. The maximum atomic E-state index is 10.8. The predicted octanol–water partition coefficient (Wildman–Crippen LogP) is 2.11. The second-order valence-corrected chi connectivity index (χ2v) is 3.20. The van der Waals surface area contributed by atoms with E-state index in [0.29, 0.717) is 5.57 Å². The Hall–Kier alpha value is -1.70. The second-order valence-electron chi connectivity index (χ2n) is 3.20. The molecule has 1 aromatic rings. The molecule has 0 saturated carbocycles. The van der Waals surface area contributed by atoms with Gasteiger partial charge in [-0.1, -0.05) is 30.3 Å².